The molecule has 1 aliphatic rings. The van der Waals surface area contributed by atoms with Crippen molar-refractivity contribution in [2.45, 2.75) is 32.9 Å². The van der Waals surface area contributed by atoms with E-state index >= 15 is 0 Å². The molecule has 3 rings (SSSR count). The topological polar surface area (TPSA) is 67.4 Å². The fourth-order valence-corrected chi connectivity index (χ4v) is 2.66. The van der Waals surface area contributed by atoms with Gasteiger partial charge >= 0.3 is 0 Å². The number of ether oxygens (including phenoxy) is 1. The highest BCUT2D eigenvalue weighted by molar-refractivity contribution is 6.15. The van der Waals surface area contributed by atoms with Crippen LogP contribution in [0.4, 0.5) is 5.69 Å². The van der Waals surface area contributed by atoms with Crippen molar-refractivity contribution < 1.29 is 14.3 Å². The molecule has 0 saturated carbocycles. The number of aryl methyl sites for hydroxylation is 2. The summed E-state index contributed by atoms with van der Waals surface area (Å²) in [4.78, 5) is 25.0. The van der Waals surface area contributed by atoms with Crippen LogP contribution in [0.1, 0.15) is 23.6 Å². The Balaban J connectivity index is 1.76. The van der Waals surface area contributed by atoms with Gasteiger partial charge in [-0.05, 0) is 44.0 Å². The molecule has 24 heavy (non-hydrogen) atoms. The Hall–Kier alpha value is -2.82. The molecular formula is C19H20N2O3. The molecule has 0 saturated heterocycles. The van der Waals surface area contributed by atoms with Gasteiger partial charge in [0.15, 0.2) is 0 Å². The summed E-state index contributed by atoms with van der Waals surface area (Å²) >= 11 is 0. The first-order valence-electron chi connectivity index (χ1n) is 7.83. The summed E-state index contributed by atoms with van der Waals surface area (Å²) in [5.41, 5.74) is 2.09. The number of carbonyl (C=O) groups excluding carboxylic acids is 2. The Kier molecular flexibility index (Phi) is 4.01. The van der Waals surface area contributed by atoms with Crippen molar-refractivity contribution >= 4 is 17.5 Å². The molecule has 1 atom stereocenters. The van der Waals surface area contributed by atoms with E-state index < -0.39 is 17.4 Å². The van der Waals surface area contributed by atoms with E-state index in [1.807, 2.05) is 50.2 Å². The lowest BCUT2D eigenvalue weighted by atomic mass is 10.0. The minimum atomic E-state index is -1.59. The molecule has 2 aromatic rings. The number of hydrogen-bond acceptors (Lipinski definition) is 3. The van der Waals surface area contributed by atoms with Crippen LogP contribution in [0, 0.1) is 13.8 Å². The summed E-state index contributed by atoms with van der Waals surface area (Å²) in [7, 11) is 0. The average Bonchev–Trinajstić information content (AvgIpc) is 2.54. The molecular weight excluding hydrogens is 304 g/mol. The Bertz CT molecular complexity index is 816. The van der Waals surface area contributed by atoms with E-state index in [-0.39, 0.29) is 0 Å². The summed E-state index contributed by atoms with van der Waals surface area (Å²) in [6.45, 7) is 5.74. The Labute approximate surface area is 141 Å². The molecule has 1 aliphatic heterocycles. The average molecular weight is 324 g/mol. The molecule has 5 nitrogen and oxygen atoms in total. The largest absolute Gasteiger partial charge is 0.466 e. The number of amides is 2. The van der Waals surface area contributed by atoms with Crippen molar-refractivity contribution in [3.05, 3.63) is 59.2 Å². The van der Waals surface area contributed by atoms with Crippen molar-refractivity contribution in [1.82, 2.24) is 5.32 Å². The summed E-state index contributed by atoms with van der Waals surface area (Å²) in [6, 6.07) is 13.3. The van der Waals surface area contributed by atoms with Gasteiger partial charge in [-0.25, -0.2) is 0 Å². The number of rotatable bonds is 3. The quantitative estimate of drug-likeness (QED) is 0.853. The van der Waals surface area contributed by atoms with Gasteiger partial charge in [0.2, 0.25) is 0 Å². The Morgan fingerprint density at radius 1 is 1.17 bits per heavy atom. The molecule has 0 aromatic heterocycles. The van der Waals surface area contributed by atoms with E-state index in [4.69, 9.17) is 4.74 Å². The van der Waals surface area contributed by atoms with E-state index in [1.54, 1.807) is 6.07 Å². The first kappa shape index (κ1) is 16.1. The zero-order valence-corrected chi connectivity index (χ0v) is 14.0. The fourth-order valence-electron chi connectivity index (χ4n) is 2.66. The predicted molar refractivity (Wildman–Crippen MR) is 91.9 cm³/mol. The third-order valence-electron chi connectivity index (χ3n) is 4.10. The number of carbonyl (C=O) groups is 2. The van der Waals surface area contributed by atoms with Gasteiger partial charge in [-0.1, -0.05) is 35.9 Å². The predicted octanol–water partition coefficient (Wildman–Crippen LogP) is 2.71. The monoisotopic (exact) mass is 324 g/mol. The molecule has 124 valence electrons. The first-order chi connectivity index (χ1) is 11.4. The summed E-state index contributed by atoms with van der Waals surface area (Å²) < 4.78 is 5.74. The van der Waals surface area contributed by atoms with Crippen LogP contribution in [0.2, 0.25) is 0 Å². The number of nitrogens with one attached hydrogen (secondary N) is 2. The third-order valence-corrected chi connectivity index (χ3v) is 4.10. The van der Waals surface area contributed by atoms with Crippen molar-refractivity contribution in [3.8, 4) is 5.75 Å². The lowest BCUT2D eigenvalue weighted by Gasteiger charge is -2.33. The van der Waals surface area contributed by atoms with Gasteiger partial charge in [0, 0.05) is 6.54 Å². The summed E-state index contributed by atoms with van der Waals surface area (Å²) in [5, 5.41) is 5.54. The van der Waals surface area contributed by atoms with E-state index in [9.17, 15) is 9.59 Å². The molecule has 0 fully saturated rings. The van der Waals surface area contributed by atoms with Crippen LogP contribution >= 0.6 is 0 Å². The van der Waals surface area contributed by atoms with Gasteiger partial charge in [-0.15, -0.1) is 0 Å². The van der Waals surface area contributed by atoms with Gasteiger partial charge in [0.1, 0.15) is 5.75 Å². The number of anilines is 1. The highest BCUT2D eigenvalue weighted by Crippen LogP contribution is 2.34. The van der Waals surface area contributed by atoms with E-state index in [1.165, 1.54) is 6.92 Å². The maximum atomic E-state index is 12.6. The van der Waals surface area contributed by atoms with Crippen molar-refractivity contribution in [1.29, 1.82) is 0 Å². The van der Waals surface area contributed by atoms with Crippen LogP contribution in [0.5, 0.6) is 5.75 Å². The highest BCUT2D eigenvalue weighted by atomic mass is 16.5. The number of hydrogen-bond donors (Lipinski definition) is 2. The first-order valence-corrected chi connectivity index (χ1v) is 7.83. The zero-order valence-electron chi connectivity index (χ0n) is 14.0. The lowest BCUT2D eigenvalue weighted by molar-refractivity contribution is -0.146. The summed E-state index contributed by atoms with van der Waals surface area (Å²) in [6.07, 6.45) is 0. The minimum absolute atomic E-state index is 0.341. The molecule has 5 heteroatoms. The second kappa shape index (κ2) is 6.00. The molecule has 0 bridgehead atoms. The minimum Gasteiger partial charge on any atom is -0.466 e. The van der Waals surface area contributed by atoms with Crippen LogP contribution in [0.25, 0.3) is 0 Å². The fraction of sp³-hybridized carbons (Fsp3) is 0.263. The second-order valence-electron chi connectivity index (χ2n) is 6.26. The maximum absolute atomic E-state index is 12.6. The van der Waals surface area contributed by atoms with Crippen LogP contribution in [0.15, 0.2) is 42.5 Å². The number of fused-ring (bicyclic) bond motifs is 1. The van der Waals surface area contributed by atoms with Crippen LogP contribution in [-0.2, 0) is 16.1 Å². The second-order valence-corrected chi connectivity index (χ2v) is 6.26. The number of benzene rings is 2. The molecule has 1 heterocycles. The van der Waals surface area contributed by atoms with Crippen molar-refractivity contribution in [3.63, 3.8) is 0 Å². The van der Waals surface area contributed by atoms with E-state index in [0.717, 1.165) is 16.7 Å². The molecule has 0 spiro atoms. The van der Waals surface area contributed by atoms with Crippen LogP contribution in [-0.4, -0.2) is 17.4 Å². The zero-order chi connectivity index (χ0) is 17.3. The van der Waals surface area contributed by atoms with Crippen LogP contribution in [0.3, 0.4) is 0 Å². The maximum Gasteiger partial charge on any atom is 0.278 e. The third kappa shape index (κ3) is 2.97. The van der Waals surface area contributed by atoms with E-state index in [2.05, 4.69) is 10.6 Å². The SMILES string of the molecule is Cc1cccc(CNC(=O)C2(C)Oc3ccc(C)cc3NC2=O)c1. The summed E-state index contributed by atoms with van der Waals surface area (Å²) in [5.74, 6) is -0.441. The smallest absolute Gasteiger partial charge is 0.278 e. The lowest BCUT2D eigenvalue weighted by Crippen LogP contribution is -2.58. The van der Waals surface area contributed by atoms with Gasteiger partial charge < -0.3 is 15.4 Å². The molecule has 2 aromatic carbocycles. The standard InChI is InChI=1S/C19H20N2O3/c1-12-5-4-6-14(9-12)11-20-17(22)19(3)18(23)21-15-10-13(2)7-8-16(15)24-19/h4-10H,11H2,1-3H3,(H,20,22)(H,21,23). The van der Waals surface area contributed by atoms with E-state index in [0.29, 0.717) is 18.0 Å². The van der Waals surface area contributed by atoms with Gasteiger partial charge in [-0.3, -0.25) is 9.59 Å². The van der Waals surface area contributed by atoms with Gasteiger partial charge in [0.25, 0.3) is 17.4 Å². The molecule has 2 N–H and O–H groups in total. The van der Waals surface area contributed by atoms with Gasteiger partial charge in [0.05, 0.1) is 5.69 Å². The van der Waals surface area contributed by atoms with Crippen LogP contribution < -0.4 is 15.4 Å². The Morgan fingerprint density at radius 3 is 2.67 bits per heavy atom. The molecule has 0 radical (unpaired) electrons. The Morgan fingerprint density at radius 2 is 1.92 bits per heavy atom. The highest BCUT2D eigenvalue weighted by Gasteiger charge is 2.47. The normalized spacial score (nSPS) is 19.0. The molecule has 1 unspecified atom stereocenters. The van der Waals surface area contributed by atoms with Crippen molar-refractivity contribution in [2.24, 2.45) is 0 Å². The molecule has 0 aliphatic carbocycles. The van der Waals surface area contributed by atoms with Gasteiger partial charge in [-0.2, -0.15) is 0 Å². The molecule has 2 amide bonds. The van der Waals surface area contributed by atoms with Crippen molar-refractivity contribution in [2.75, 3.05) is 5.32 Å².